The first kappa shape index (κ1) is 23.8. The second kappa shape index (κ2) is 10.1. The van der Waals surface area contributed by atoms with Gasteiger partial charge in [-0.25, -0.2) is 0 Å². The molecule has 186 valence electrons. The molecule has 0 bridgehead atoms. The predicted octanol–water partition coefficient (Wildman–Crippen LogP) is 10.1. The van der Waals surface area contributed by atoms with Crippen LogP contribution in [0.1, 0.15) is 29.2 Å². The Morgan fingerprint density at radius 1 is 0.553 bits per heavy atom. The molecule has 0 fully saturated rings. The first-order chi connectivity index (χ1) is 18.6. The molecule has 0 saturated heterocycles. The Bertz CT molecular complexity index is 1690. The van der Waals surface area contributed by atoms with Crippen LogP contribution in [0.3, 0.4) is 0 Å². The molecule has 2 heteroatoms. The number of nitrogens with zero attached hydrogens (tertiary/aromatic N) is 2. The largest absolute Gasteiger partial charge is 0.341 e. The van der Waals surface area contributed by atoms with Crippen LogP contribution < -0.4 is 4.90 Å². The number of benzene rings is 5. The van der Waals surface area contributed by atoms with Crippen LogP contribution in [-0.2, 0) is 6.54 Å². The van der Waals surface area contributed by atoms with Crippen LogP contribution in [0, 0.1) is 13.8 Å². The minimum Gasteiger partial charge on any atom is -0.341 e. The highest BCUT2D eigenvalue weighted by molar-refractivity contribution is 6.08. The maximum atomic E-state index is 2.39. The zero-order valence-corrected chi connectivity index (χ0v) is 22.2. The number of hydrogen-bond donors (Lipinski definition) is 0. The van der Waals surface area contributed by atoms with Gasteiger partial charge in [-0.05, 0) is 86.5 Å². The summed E-state index contributed by atoms with van der Waals surface area (Å²) in [5.41, 5.74) is 11.0. The normalized spacial score (nSPS) is 11.6. The van der Waals surface area contributed by atoms with Gasteiger partial charge in [-0.1, -0.05) is 83.9 Å². The fourth-order valence-electron chi connectivity index (χ4n) is 5.28. The van der Waals surface area contributed by atoms with E-state index in [1.807, 2.05) is 0 Å². The summed E-state index contributed by atoms with van der Waals surface area (Å²) < 4.78 is 2.39. The highest BCUT2D eigenvalue weighted by atomic mass is 15.1. The van der Waals surface area contributed by atoms with Crippen molar-refractivity contribution in [2.24, 2.45) is 0 Å². The van der Waals surface area contributed by atoms with Crippen molar-refractivity contribution in [1.29, 1.82) is 0 Å². The van der Waals surface area contributed by atoms with Crippen molar-refractivity contribution in [1.82, 2.24) is 4.57 Å². The number of para-hydroxylation sites is 1. The molecule has 1 aromatic heterocycles. The van der Waals surface area contributed by atoms with E-state index in [0.717, 1.165) is 23.6 Å². The molecule has 0 spiro atoms. The number of fused-ring (bicyclic) bond motifs is 3. The zero-order valence-electron chi connectivity index (χ0n) is 22.2. The van der Waals surface area contributed by atoms with E-state index in [2.05, 4.69) is 158 Å². The lowest BCUT2D eigenvalue weighted by molar-refractivity contribution is 0.827. The van der Waals surface area contributed by atoms with Crippen molar-refractivity contribution in [3.05, 3.63) is 138 Å². The standard InChI is InChI=1S/C36H32N2/c1-4-37-35-8-6-5-7-33(35)34-25-29(17-24-36(34)37)14-13-28-15-22-32(23-16-28)38(30-18-9-26(2)10-19-30)31-20-11-27(3)12-21-31/h5-25H,4H2,1-3H3. The minimum absolute atomic E-state index is 0.966. The third kappa shape index (κ3) is 4.50. The molecule has 0 aliphatic carbocycles. The van der Waals surface area contributed by atoms with E-state index in [-0.39, 0.29) is 0 Å². The van der Waals surface area contributed by atoms with Gasteiger partial charge in [0.2, 0.25) is 0 Å². The first-order valence-corrected chi connectivity index (χ1v) is 13.3. The Morgan fingerprint density at radius 3 is 1.66 bits per heavy atom. The third-order valence-electron chi connectivity index (χ3n) is 7.32. The van der Waals surface area contributed by atoms with Gasteiger partial charge in [-0.3, -0.25) is 0 Å². The summed E-state index contributed by atoms with van der Waals surface area (Å²) in [4.78, 5) is 2.31. The van der Waals surface area contributed by atoms with Gasteiger partial charge in [0.05, 0.1) is 0 Å². The van der Waals surface area contributed by atoms with Gasteiger partial charge >= 0.3 is 0 Å². The molecule has 6 aromatic rings. The first-order valence-electron chi connectivity index (χ1n) is 13.3. The maximum absolute atomic E-state index is 2.39. The lowest BCUT2D eigenvalue weighted by Gasteiger charge is -2.25. The van der Waals surface area contributed by atoms with Crippen LogP contribution in [0.15, 0.2) is 115 Å². The van der Waals surface area contributed by atoms with Crippen LogP contribution in [0.5, 0.6) is 0 Å². The van der Waals surface area contributed by atoms with E-state index in [1.54, 1.807) is 0 Å². The average molecular weight is 493 g/mol. The average Bonchev–Trinajstić information content (AvgIpc) is 3.28. The minimum atomic E-state index is 0.966. The SMILES string of the molecule is CCn1c2ccccc2c2cc(C=Cc3ccc(N(c4ccc(C)cc4)c4ccc(C)cc4)cc3)ccc21. The van der Waals surface area contributed by atoms with Gasteiger partial charge in [0, 0.05) is 45.4 Å². The highest BCUT2D eigenvalue weighted by Crippen LogP contribution is 2.35. The molecule has 38 heavy (non-hydrogen) atoms. The summed E-state index contributed by atoms with van der Waals surface area (Å²) in [5, 5.41) is 2.63. The van der Waals surface area contributed by atoms with Gasteiger partial charge < -0.3 is 9.47 Å². The molecule has 6 rings (SSSR count). The summed E-state index contributed by atoms with van der Waals surface area (Å²) in [5.74, 6) is 0. The fraction of sp³-hybridized carbons (Fsp3) is 0.111. The summed E-state index contributed by atoms with van der Waals surface area (Å²) in [6.45, 7) is 7.43. The maximum Gasteiger partial charge on any atom is 0.0491 e. The summed E-state index contributed by atoms with van der Waals surface area (Å²) in [7, 11) is 0. The van der Waals surface area contributed by atoms with E-state index in [4.69, 9.17) is 0 Å². The monoisotopic (exact) mass is 492 g/mol. The molecule has 1 heterocycles. The molecule has 0 atom stereocenters. The van der Waals surface area contributed by atoms with Gasteiger partial charge in [0.1, 0.15) is 0 Å². The van der Waals surface area contributed by atoms with E-state index < -0.39 is 0 Å². The predicted molar refractivity (Wildman–Crippen MR) is 165 cm³/mol. The number of rotatable bonds is 6. The van der Waals surface area contributed by atoms with E-state index in [9.17, 15) is 0 Å². The van der Waals surface area contributed by atoms with E-state index >= 15 is 0 Å². The number of aryl methyl sites for hydroxylation is 3. The quantitative estimate of drug-likeness (QED) is 0.210. The second-order valence-electron chi connectivity index (χ2n) is 9.97. The smallest absolute Gasteiger partial charge is 0.0491 e. The molecule has 2 nitrogen and oxygen atoms in total. The van der Waals surface area contributed by atoms with Crippen molar-refractivity contribution in [2.75, 3.05) is 4.90 Å². The molecule has 0 radical (unpaired) electrons. The summed E-state index contributed by atoms with van der Waals surface area (Å²) in [6.07, 6.45) is 4.41. The number of aromatic nitrogens is 1. The van der Waals surface area contributed by atoms with Crippen molar-refractivity contribution < 1.29 is 0 Å². The summed E-state index contributed by atoms with van der Waals surface area (Å²) >= 11 is 0. The van der Waals surface area contributed by atoms with E-state index in [1.165, 1.54) is 44.1 Å². The van der Waals surface area contributed by atoms with Crippen LogP contribution in [0.25, 0.3) is 34.0 Å². The Labute approximate surface area is 225 Å². The third-order valence-corrected chi connectivity index (χ3v) is 7.32. The molecule has 0 amide bonds. The van der Waals surface area contributed by atoms with Gasteiger partial charge in [-0.15, -0.1) is 0 Å². The molecule has 5 aromatic carbocycles. The molecule has 0 unspecified atom stereocenters. The molecular formula is C36H32N2. The van der Waals surface area contributed by atoms with Crippen LogP contribution >= 0.6 is 0 Å². The Hall–Kier alpha value is -4.56. The zero-order chi connectivity index (χ0) is 26.1. The lowest BCUT2D eigenvalue weighted by Crippen LogP contribution is -2.09. The molecule has 0 saturated carbocycles. The van der Waals surface area contributed by atoms with Crippen LogP contribution in [0.4, 0.5) is 17.1 Å². The molecular weight excluding hydrogens is 460 g/mol. The van der Waals surface area contributed by atoms with Gasteiger partial charge in [0.15, 0.2) is 0 Å². The Kier molecular flexibility index (Phi) is 6.31. The Morgan fingerprint density at radius 2 is 1.05 bits per heavy atom. The Balaban J connectivity index is 1.31. The molecule has 0 N–H and O–H groups in total. The number of anilines is 3. The van der Waals surface area contributed by atoms with Crippen molar-refractivity contribution in [2.45, 2.75) is 27.3 Å². The van der Waals surface area contributed by atoms with Crippen LogP contribution in [-0.4, -0.2) is 4.57 Å². The van der Waals surface area contributed by atoms with Gasteiger partial charge in [0.25, 0.3) is 0 Å². The summed E-state index contributed by atoms with van der Waals surface area (Å²) in [6, 6.07) is 41.7. The van der Waals surface area contributed by atoms with E-state index in [0.29, 0.717) is 0 Å². The fourth-order valence-corrected chi connectivity index (χ4v) is 5.28. The molecule has 0 aliphatic rings. The second-order valence-corrected chi connectivity index (χ2v) is 9.97. The highest BCUT2D eigenvalue weighted by Gasteiger charge is 2.12. The topological polar surface area (TPSA) is 8.17 Å². The van der Waals surface area contributed by atoms with Gasteiger partial charge in [-0.2, -0.15) is 0 Å². The molecule has 0 aliphatic heterocycles. The van der Waals surface area contributed by atoms with Crippen molar-refractivity contribution in [3.63, 3.8) is 0 Å². The number of hydrogen-bond acceptors (Lipinski definition) is 1. The van der Waals surface area contributed by atoms with Crippen molar-refractivity contribution in [3.8, 4) is 0 Å². The van der Waals surface area contributed by atoms with Crippen molar-refractivity contribution >= 4 is 51.0 Å². The van der Waals surface area contributed by atoms with Crippen LogP contribution in [0.2, 0.25) is 0 Å². The lowest BCUT2D eigenvalue weighted by atomic mass is 10.1.